The average molecular weight is 406 g/mol. The van der Waals surface area contributed by atoms with Crippen molar-refractivity contribution in [3.8, 4) is 0 Å². The SMILES string of the molecule is CCCCOP(=O)(OCCCC)OCCCC.COP(=O)(OC)OC. The highest BCUT2D eigenvalue weighted by Gasteiger charge is 2.25. The molecule has 154 valence electrons. The smallest absolute Gasteiger partial charge is 0.290 e. The van der Waals surface area contributed by atoms with Crippen LogP contribution in [0.4, 0.5) is 0 Å². The summed E-state index contributed by atoms with van der Waals surface area (Å²) in [6, 6.07) is 0. The van der Waals surface area contributed by atoms with E-state index in [9.17, 15) is 9.13 Å². The second-order valence-corrected chi connectivity index (χ2v) is 8.66. The lowest BCUT2D eigenvalue weighted by atomic mass is 10.4. The highest BCUT2D eigenvalue weighted by Crippen LogP contribution is 2.49. The molecule has 0 saturated carbocycles. The summed E-state index contributed by atoms with van der Waals surface area (Å²) in [6.45, 7) is 7.49. The van der Waals surface area contributed by atoms with Gasteiger partial charge in [-0.25, -0.2) is 9.13 Å². The predicted molar refractivity (Wildman–Crippen MR) is 98.8 cm³/mol. The van der Waals surface area contributed by atoms with Crippen molar-refractivity contribution in [1.82, 2.24) is 0 Å². The Hall–Kier alpha value is 0.220. The van der Waals surface area contributed by atoms with Crippen LogP contribution in [0, 0.1) is 0 Å². The van der Waals surface area contributed by atoms with Gasteiger partial charge in [-0.2, -0.15) is 0 Å². The van der Waals surface area contributed by atoms with Gasteiger partial charge in [-0.3, -0.25) is 27.1 Å². The van der Waals surface area contributed by atoms with Crippen LogP contribution in [-0.2, 0) is 36.3 Å². The lowest BCUT2D eigenvalue weighted by Gasteiger charge is -2.17. The number of unbranched alkanes of at least 4 members (excludes halogenated alkanes) is 3. The summed E-state index contributed by atoms with van der Waals surface area (Å²) in [5.41, 5.74) is 0. The zero-order valence-electron chi connectivity index (χ0n) is 16.5. The van der Waals surface area contributed by atoms with Gasteiger partial charge in [-0.1, -0.05) is 40.0 Å². The fourth-order valence-electron chi connectivity index (χ4n) is 1.30. The molecule has 0 aliphatic heterocycles. The number of hydrogen-bond donors (Lipinski definition) is 0. The molecule has 0 N–H and O–H groups in total. The van der Waals surface area contributed by atoms with Crippen LogP contribution in [0.25, 0.3) is 0 Å². The molecule has 0 aromatic carbocycles. The lowest BCUT2D eigenvalue weighted by molar-refractivity contribution is 0.110. The zero-order valence-corrected chi connectivity index (χ0v) is 18.3. The number of rotatable bonds is 15. The quantitative estimate of drug-likeness (QED) is 0.257. The summed E-state index contributed by atoms with van der Waals surface area (Å²) in [4.78, 5) is 0. The summed E-state index contributed by atoms with van der Waals surface area (Å²) in [5, 5.41) is 0. The molecule has 0 aromatic heterocycles. The molecule has 0 unspecified atom stereocenters. The van der Waals surface area contributed by atoms with Crippen molar-refractivity contribution in [2.24, 2.45) is 0 Å². The van der Waals surface area contributed by atoms with Crippen LogP contribution in [0.1, 0.15) is 59.3 Å². The van der Waals surface area contributed by atoms with Crippen LogP contribution in [-0.4, -0.2) is 41.2 Å². The fourth-order valence-corrected chi connectivity index (χ4v) is 3.03. The van der Waals surface area contributed by atoms with E-state index in [1.807, 2.05) is 0 Å². The van der Waals surface area contributed by atoms with Gasteiger partial charge in [-0.05, 0) is 19.3 Å². The van der Waals surface area contributed by atoms with Gasteiger partial charge in [0.25, 0.3) is 0 Å². The second-order valence-electron chi connectivity index (χ2n) is 5.00. The molecule has 0 amide bonds. The Balaban J connectivity index is 0. The Bertz CT molecular complexity index is 326. The third kappa shape index (κ3) is 16.1. The van der Waals surface area contributed by atoms with Crippen LogP contribution in [0.2, 0.25) is 0 Å². The topological polar surface area (TPSA) is 89.5 Å². The van der Waals surface area contributed by atoms with Crippen molar-refractivity contribution in [3.63, 3.8) is 0 Å². The van der Waals surface area contributed by atoms with E-state index in [0.717, 1.165) is 38.5 Å². The molecule has 25 heavy (non-hydrogen) atoms. The Morgan fingerprint density at radius 2 is 0.840 bits per heavy atom. The van der Waals surface area contributed by atoms with Crippen molar-refractivity contribution in [3.05, 3.63) is 0 Å². The molecule has 0 rings (SSSR count). The molecule has 0 fully saturated rings. The van der Waals surface area contributed by atoms with Gasteiger partial charge in [0.2, 0.25) is 0 Å². The van der Waals surface area contributed by atoms with E-state index in [1.165, 1.54) is 21.3 Å². The Morgan fingerprint density at radius 3 is 1.00 bits per heavy atom. The first-order valence-electron chi connectivity index (χ1n) is 8.67. The summed E-state index contributed by atoms with van der Waals surface area (Å²) < 4.78 is 51.7. The molecule has 10 heteroatoms. The number of phosphoric acid groups is 2. The van der Waals surface area contributed by atoms with Gasteiger partial charge in [0, 0.05) is 21.3 Å². The Kier molecular flexibility index (Phi) is 19.3. The first-order valence-corrected chi connectivity index (χ1v) is 11.6. The minimum atomic E-state index is -3.31. The molecular formula is C15H36O8P2. The minimum Gasteiger partial charge on any atom is -0.290 e. The third-order valence-corrected chi connectivity index (χ3v) is 5.75. The second kappa shape index (κ2) is 17.6. The lowest BCUT2D eigenvalue weighted by Crippen LogP contribution is -2.03. The standard InChI is InChI=1S/C12H27O4P.C3H9O4P/c1-4-7-10-14-17(13,15-11-8-5-2)16-12-9-6-3;1-5-8(4,6-2)7-3/h4-12H2,1-3H3;1-3H3. The van der Waals surface area contributed by atoms with Gasteiger partial charge in [0.05, 0.1) is 19.8 Å². The predicted octanol–water partition coefficient (Wildman–Crippen LogP) is 5.58. The molecule has 0 saturated heterocycles. The maximum absolute atomic E-state index is 12.2. The van der Waals surface area contributed by atoms with E-state index in [1.54, 1.807) is 0 Å². The molecule has 0 atom stereocenters. The van der Waals surface area contributed by atoms with Crippen LogP contribution >= 0.6 is 15.6 Å². The van der Waals surface area contributed by atoms with Crippen molar-refractivity contribution in [2.45, 2.75) is 59.3 Å². The van der Waals surface area contributed by atoms with Crippen LogP contribution in [0.5, 0.6) is 0 Å². The minimum absolute atomic E-state index is 0.437. The zero-order chi connectivity index (χ0) is 19.6. The highest BCUT2D eigenvalue weighted by atomic mass is 31.2. The molecule has 0 aliphatic rings. The molecule has 8 nitrogen and oxygen atoms in total. The Labute approximate surface area is 153 Å². The van der Waals surface area contributed by atoms with Gasteiger partial charge in [0.15, 0.2) is 0 Å². The van der Waals surface area contributed by atoms with Gasteiger partial charge >= 0.3 is 15.6 Å². The maximum atomic E-state index is 12.2. The molecule has 0 aliphatic carbocycles. The number of hydrogen-bond acceptors (Lipinski definition) is 8. The fraction of sp³-hybridized carbons (Fsp3) is 1.00. The largest absolute Gasteiger partial charge is 0.474 e. The summed E-state index contributed by atoms with van der Waals surface area (Å²) in [5.74, 6) is 0. The number of phosphoric ester groups is 2. The van der Waals surface area contributed by atoms with Gasteiger partial charge in [-0.15, -0.1) is 0 Å². The first kappa shape index (κ1) is 27.4. The monoisotopic (exact) mass is 406 g/mol. The van der Waals surface area contributed by atoms with Crippen molar-refractivity contribution >= 4 is 15.6 Å². The van der Waals surface area contributed by atoms with Crippen molar-refractivity contribution in [1.29, 1.82) is 0 Å². The maximum Gasteiger partial charge on any atom is 0.474 e. The molecule has 0 aromatic rings. The summed E-state index contributed by atoms with van der Waals surface area (Å²) >= 11 is 0. The van der Waals surface area contributed by atoms with E-state index in [0.29, 0.717) is 19.8 Å². The summed E-state index contributed by atoms with van der Waals surface area (Å²) in [7, 11) is -2.70. The third-order valence-electron chi connectivity index (χ3n) is 2.91. The van der Waals surface area contributed by atoms with E-state index < -0.39 is 15.6 Å². The van der Waals surface area contributed by atoms with E-state index in [2.05, 4.69) is 34.3 Å². The van der Waals surface area contributed by atoms with Crippen LogP contribution in [0.3, 0.4) is 0 Å². The molecule has 0 radical (unpaired) electrons. The normalized spacial score (nSPS) is 11.9. The summed E-state index contributed by atoms with van der Waals surface area (Å²) in [6.07, 6.45) is 5.63. The van der Waals surface area contributed by atoms with Gasteiger partial charge < -0.3 is 0 Å². The van der Waals surface area contributed by atoms with Gasteiger partial charge in [0.1, 0.15) is 0 Å². The highest BCUT2D eigenvalue weighted by molar-refractivity contribution is 7.48. The van der Waals surface area contributed by atoms with Crippen molar-refractivity contribution < 1.29 is 36.3 Å². The van der Waals surface area contributed by atoms with Crippen LogP contribution in [0.15, 0.2) is 0 Å². The first-order chi connectivity index (χ1) is 11.9. The Morgan fingerprint density at radius 1 is 0.560 bits per heavy atom. The molecule has 0 heterocycles. The van der Waals surface area contributed by atoms with E-state index >= 15 is 0 Å². The molecule has 0 bridgehead atoms. The van der Waals surface area contributed by atoms with Crippen LogP contribution < -0.4 is 0 Å². The van der Waals surface area contributed by atoms with E-state index in [4.69, 9.17) is 13.6 Å². The van der Waals surface area contributed by atoms with Crippen molar-refractivity contribution in [2.75, 3.05) is 41.2 Å². The van der Waals surface area contributed by atoms with E-state index in [-0.39, 0.29) is 0 Å². The molecular weight excluding hydrogens is 370 g/mol. The average Bonchev–Trinajstić information content (AvgIpc) is 2.62. The molecule has 0 spiro atoms.